The Hall–Kier alpha value is -2.05. The van der Waals surface area contributed by atoms with Gasteiger partial charge in [-0.25, -0.2) is 0 Å². The van der Waals surface area contributed by atoms with Crippen molar-refractivity contribution in [2.24, 2.45) is 11.8 Å². The second-order valence-electron chi connectivity index (χ2n) is 9.47. The lowest BCUT2D eigenvalue weighted by atomic mass is 10.0. The van der Waals surface area contributed by atoms with Gasteiger partial charge in [0.2, 0.25) is 0 Å². The van der Waals surface area contributed by atoms with Crippen LogP contribution in [-0.4, -0.2) is 49.5 Å². The molecule has 31 heavy (non-hydrogen) atoms. The molecule has 1 N–H and O–H groups in total. The number of aromatic nitrogens is 1. The largest absolute Gasteiger partial charge is 0.493 e. The van der Waals surface area contributed by atoms with E-state index in [1.54, 1.807) is 7.11 Å². The number of hydrogen-bond donors (Lipinski definition) is 1. The summed E-state index contributed by atoms with van der Waals surface area (Å²) in [5.74, 6) is 2.97. The van der Waals surface area contributed by atoms with Crippen molar-refractivity contribution in [2.75, 3.05) is 38.7 Å². The van der Waals surface area contributed by atoms with E-state index < -0.39 is 0 Å². The number of pyridine rings is 1. The lowest BCUT2D eigenvalue weighted by Crippen LogP contribution is -2.38. The molecule has 3 aliphatic rings. The number of nitrogens with zero attached hydrogens (tertiary/aromatic N) is 2. The van der Waals surface area contributed by atoms with Crippen LogP contribution in [0, 0.1) is 11.8 Å². The number of ether oxygens (including phenoxy) is 2. The zero-order valence-corrected chi connectivity index (χ0v) is 19.1. The highest BCUT2D eigenvalue weighted by atomic mass is 16.7. The molecule has 6 heteroatoms. The molecule has 2 atom stereocenters. The molecule has 6 nitrogen and oxygen atoms in total. The molecular formula is C25H35N3O3. The first-order valence-electron chi connectivity index (χ1n) is 12.0. The molecule has 2 aromatic rings. The van der Waals surface area contributed by atoms with E-state index >= 15 is 0 Å². The molecule has 0 radical (unpaired) electrons. The molecule has 5 rings (SSSR count). The monoisotopic (exact) mass is 425 g/mol. The van der Waals surface area contributed by atoms with E-state index in [4.69, 9.17) is 19.3 Å². The Morgan fingerprint density at radius 1 is 1.19 bits per heavy atom. The first-order chi connectivity index (χ1) is 15.1. The van der Waals surface area contributed by atoms with Gasteiger partial charge in [0.1, 0.15) is 12.7 Å². The number of nitrogens with one attached hydrogen (secondary N) is 1. The van der Waals surface area contributed by atoms with E-state index in [1.165, 1.54) is 29.8 Å². The average molecular weight is 426 g/mol. The van der Waals surface area contributed by atoms with Crippen molar-refractivity contribution in [3.8, 4) is 11.5 Å². The summed E-state index contributed by atoms with van der Waals surface area (Å²) in [6, 6.07) is 4.16. The molecule has 1 aromatic heterocycles. The Bertz CT molecular complexity index is 943. The summed E-state index contributed by atoms with van der Waals surface area (Å²) in [6.45, 7) is 7.90. The lowest BCUT2D eigenvalue weighted by Gasteiger charge is -2.31. The molecule has 2 fully saturated rings. The lowest BCUT2D eigenvalue weighted by molar-refractivity contribution is -0.225. The van der Waals surface area contributed by atoms with Crippen molar-refractivity contribution in [1.29, 1.82) is 0 Å². The average Bonchev–Trinajstić information content (AvgIpc) is 3.54. The summed E-state index contributed by atoms with van der Waals surface area (Å²) in [5.41, 5.74) is 4.88. The molecule has 2 unspecified atom stereocenters. The molecule has 2 aliphatic carbocycles. The minimum atomic E-state index is 0.0821. The van der Waals surface area contributed by atoms with Crippen molar-refractivity contribution < 1.29 is 14.3 Å². The summed E-state index contributed by atoms with van der Waals surface area (Å²) in [7, 11) is 1.71. The second-order valence-corrected chi connectivity index (χ2v) is 9.47. The predicted molar refractivity (Wildman–Crippen MR) is 123 cm³/mol. The third-order valence-corrected chi connectivity index (χ3v) is 6.82. The maximum Gasteiger partial charge on any atom is 0.163 e. The first kappa shape index (κ1) is 20.8. The van der Waals surface area contributed by atoms with Gasteiger partial charge in [-0.2, -0.15) is 5.06 Å². The highest BCUT2D eigenvalue weighted by Crippen LogP contribution is 2.41. The zero-order chi connectivity index (χ0) is 21.4. The molecule has 0 amide bonds. The van der Waals surface area contributed by atoms with Crippen molar-refractivity contribution >= 4 is 16.6 Å². The van der Waals surface area contributed by atoms with Crippen LogP contribution in [0.25, 0.3) is 10.9 Å². The molecule has 0 spiro atoms. The summed E-state index contributed by atoms with van der Waals surface area (Å²) in [6.07, 6.45) is 7.07. The van der Waals surface area contributed by atoms with E-state index in [0.717, 1.165) is 73.6 Å². The van der Waals surface area contributed by atoms with Gasteiger partial charge in [-0.05, 0) is 62.0 Å². The SMILES string of the molecule is CCN1CCCC(COc2cc3nc4c(c(NCC5CC5)c3cc2OC)CC(C)C4)O1. The number of methoxy groups -OCH3 is 1. The van der Waals surface area contributed by atoms with Crippen LogP contribution < -0.4 is 14.8 Å². The topological polar surface area (TPSA) is 55.9 Å². The maximum atomic E-state index is 6.22. The molecule has 1 aliphatic heterocycles. The van der Waals surface area contributed by atoms with Gasteiger partial charge in [-0.1, -0.05) is 13.8 Å². The molecular weight excluding hydrogens is 390 g/mol. The van der Waals surface area contributed by atoms with Gasteiger partial charge in [-0.3, -0.25) is 9.82 Å². The van der Waals surface area contributed by atoms with E-state index in [9.17, 15) is 0 Å². The van der Waals surface area contributed by atoms with Crippen molar-refractivity contribution in [3.05, 3.63) is 23.4 Å². The molecule has 168 valence electrons. The summed E-state index contributed by atoms with van der Waals surface area (Å²) in [5, 5.41) is 6.94. The third kappa shape index (κ3) is 4.46. The van der Waals surface area contributed by atoms with Gasteiger partial charge in [0, 0.05) is 42.5 Å². The Kier molecular flexibility index (Phi) is 5.93. The highest BCUT2D eigenvalue weighted by Gasteiger charge is 2.28. The first-order valence-corrected chi connectivity index (χ1v) is 12.0. The second kappa shape index (κ2) is 8.83. The van der Waals surface area contributed by atoms with Crippen molar-refractivity contribution in [1.82, 2.24) is 10.0 Å². The Balaban J connectivity index is 1.43. The fourth-order valence-electron chi connectivity index (χ4n) is 4.88. The van der Waals surface area contributed by atoms with Crippen LogP contribution in [-0.2, 0) is 17.7 Å². The predicted octanol–water partition coefficient (Wildman–Crippen LogP) is 4.59. The molecule has 1 aromatic carbocycles. The van der Waals surface area contributed by atoms with Crippen molar-refractivity contribution in [3.63, 3.8) is 0 Å². The van der Waals surface area contributed by atoms with Crippen LogP contribution >= 0.6 is 0 Å². The number of hydroxylamine groups is 2. The number of benzene rings is 1. The molecule has 0 bridgehead atoms. The highest BCUT2D eigenvalue weighted by molar-refractivity contribution is 5.96. The van der Waals surface area contributed by atoms with Gasteiger partial charge in [-0.15, -0.1) is 0 Å². The van der Waals surface area contributed by atoms with Gasteiger partial charge >= 0.3 is 0 Å². The summed E-state index contributed by atoms with van der Waals surface area (Å²) >= 11 is 0. The van der Waals surface area contributed by atoms with Crippen LogP contribution in [0.15, 0.2) is 12.1 Å². The van der Waals surface area contributed by atoms with E-state index in [0.29, 0.717) is 12.5 Å². The molecule has 1 saturated carbocycles. The van der Waals surface area contributed by atoms with Crippen LogP contribution in [0.2, 0.25) is 0 Å². The van der Waals surface area contributed by atoms with Crippen LogP contribution in [0.4, 0.5) is 5.69 Å². The van der Waals surface area contributed by atoms with Crippen LogP contribution in [0.3, 0.4) is 0 Å². The Morgan fingerprint density at radius 2 is 2.06 bits per heavy atom. The molecule has 2 heterocycles. The van der Waals surface area contributed by atoms with Crippen LogP contribution in [0.5, 0.6) is 11.5 Å². The number of hydrogen-bond acceptors (Lipinski definition) is 6. The quantitative estimate of drug-likeness (QED) is 0.667. The fourth-order valence-corrected chi connectivity index (χ4v) is 4.88. The standard InChI is InChI=1S/C25H35N3O3/c1-4-28-9-5-6-18(31-28)15-30-24-13-22-20(12-23(24)29-3)25(26-14-17-7-8-17)19-10-16(2)11-21(19)27-22/h12-13,16-18H,4-11,14-15H2,1-3H3,(H,26,27). The fraction of sp³-hybridized carbons (Fsp3) is 0.640. The maximum absolute atomic E-state index is 6.22. The van der Waals surface area contributed by atoms with Gasteiger partial charge in [0.15, 0.2) is 11.5 Å². The van der Waals surface area contributed by atoms with Gasteiger partial charge in [0.05, 0.1) is 12.6 Å². The summed E-state index contributed by atoms with van der Waals surface area (Å²) in [4.78, 5) is 11.1. The van der Waals surface area contributed by atoms with Crippen molar-refractivity contribution in [2.45, 2.75) is 58.5 Å². The third-order valence-electron chi connectivity index (χ3n) is 6.82. The van der Waals surface area contributed by atoms with Crippen LogP contribution in [0.1, 0.15) is 50.8 Å². The van der Waals surface area contributed by atoms with Gasteiger partial charge < -0.3 is 14.8 Å². The Morgan fingerprint density at radius 3 is 2.84 bits per heavy atom. The Labute approximate surface area is 185 Å². The molecule has 1 saturated heterocycles. The number of anilines is 1. The summed E-state index contributed by atoms with van der Waals surface area (Å²) < 4.78 is 12.0. The smallest absolute Gasteiger partial charge is 0.163 e. The van der Waals surface area contributed by atoms with E-state index in [1.807, 2.05) is 5.06 Å². The van der Waals surface area contributed by atoms with Gasteiger partial charge in [0.25, 0.3) is 0 Å². The number of rotatable bonds is 8. The normalized spacial score (nSPS) is 23.7. The van der Waals surface area contributed by atoms with E-state index in [-0.39, 0.29) is 6.10 Å². The minimum absolute atomic E-state index is 0.0821. The van der Waals surface area contributed by atoms with E-state index in [2.05, 4.69) is 31.3 Å². The zero-order valence-electron chi connectivity index (χ0n) is 19.1. The number of fused-ring (bicyclic) bond motifs is 2. The minimum Gasteiger partial charge on any atom is -0.493 e.